The highest BCUT2D eigenvalue weighted by Gasteiger charge is 2.21. The van der Waals surface area contributed by atoms with Gasteiger partial charge in [0.1, 0.15) is 11.4 Å². The fourth-order valence-corrected chi connectivity index (χ4v) is 5.08. The molecule has 8 nitrogen and oxygen atoms in total. The van der Waals surface area contributed by atoms with E-state index in [4.69, 9.17) is 25.8 Å². The fraction of sp³-hybridized carbons (Fsp3) is 0.0333. The first-order valence-electron chi connectivity index (χ1n) is 12.1. The van der Waals surface area contributed by atoms with Crippen LogP contribution in [-0.4, -0.2) is 29.9 Å². The maximum atomic E-state index is 13.3. The van der Waals surface area contributed by atoms with Gasteiger partial charge in [-0.1, -0.05) is 41.9 Å². The zero-order valence-electron chi connectivity index (χ0n) is 20.6. The fourth-order valence-electron chi connectivity index (χ4n) is 4.36. The topological polar surface area (TPSA) is 102 Å². The van der Waals surface area contributed by atoms with Crippen LogP contribution in [0.1, 0.15) is 26.4 Å². The summed E-state index contributed by atoms with van der Waals surface area (Å²) in [5, 5.41) is 5.54. The average Bonchev–Trinajstić information content (AvgIpc) is 3.58. The van der Waals surface area contributed by atoms with Gasteiger partial charge in [-0.25, -0.2) is 10.2 Å². The smallest absolute Gasteiger partial charge is 0.343 e. The van der Waals surface area contributed by atoms with Gasteiger partial charge in [-0.15, -0.1) is 0 Å². The van der Waals surface area contributed by atoms with Crippen molar-refractivity contribution >= 4 is 63.2 Å². The number of H-pyrrole nitrogens is 1. The quantitative estimate of drug-likeness (QED) is 0.0684. The van der Waals surface area contributed by atoms with Crippen LogP contribution in [0, 0.1) is 3.57 Å². The Morgan fingerprint density at radius 2 is 1.77 bits per heavy atom. The molecule has 0 unspecified atom stereocenters. The first kappa shape index (κ1) is 25.9. The molecule has 1 aromatic heterocycles. The Bertz CT molecular complexity index is 1820. The van der Waals surface area contributed by atoms with Crippen LogP contribution in [0.5, 0.6) is 17.2 Å². The van der Waals surface area contributed by atoms with Gasteiger partial charge in [0.05, 0.1) is 11.8 Å². The number of hydrogen-bond acceptors (Lipinski definition) is 6. The maximum Gasteiger partial charge on any atom is 0.343 e. The van der Waals surface area contributed by atoms with Crippen molar-refractivity contribution in [1.29, 1.82) is 0 Å². The molecular formula is C30H19ClIN3O5. The first-order chi connectivity index (χ1) is 19.5. The summed E-state index contributed by atoms with van der Waals surface area (Å²) < 4.78 is 17.3. The number of carbonyl (C=O) groups excluding carboxylic acids is 2. The predicted octanol–water partition coefficient (Wildman–Crippen LogP) is 6.80. The van der Waals surface area contributed by atoms with E-state index in [1.54, 1.807) is 48.5 Å². The number of rotatable bonds is 6. The van der Waals surface area contributed by atoms with E-state index in [0.717, 1.165) is 20.0 Å². The van der Waals surface area contributed by atoms with Gasteiger partial charge in [-0.2, -0.15) is 5.10 Å². The molecule has 1 aliphatic heterocycles. The van der Waals surface area contributed by atoms with Crippen LogP contribution >= 0.6 is 34.2 Å². The number of amides is 1. The Balaban J connectivity index is 1.24. The summed E-state index contributed by atoms with van der Waals surface area (Å²) in [5.74, 6) is 0.310. The third-order valence-electron chi connectivity index (χ3n) is 6.23. The normalized spacial score (nSPS) is 12.2. The summed E-state index contributed by atoms with van der Waals surface area (Å²) in [6.07, 6.45) is 1.42. The van der Waals surface area contributed by atoms with Crippen molar-refractivity contribution in [1.82, 2.24) is 10.4 Å². The molecule has 2 heterocycles. The van der Waals surface area contributed by atoms with Gasteiger partial charge in [-0.3, -0.25) is 4.79 Å². The Labute approximate surface area is 247 Å². The lowest BCUT2D eigenvalue weighted by Gasteiger charge is -2.08. The maximum absolute atomic E-state index is 13.3. The highest BCUT2D eigenvalue weighted by atomic mass is 127. The van der Waals surface area contributed by atoms with Gasteiger partial charge >= 0.3 is 5.97 Å². The predicted molar refractivity (Wildman–Crippen MR) is 160 cm³/mol. The first-order valence-corrected chi connectivity index (χ1v) is 13.5. The number of hydrogen-bond donors (Lipinski definition) is 2. The minimum absolute atomic E-state index is 0.108. The molecule has 0 saturated heterocycles. The summed E-state index contributed by atoms with van der Waals surface area (Å²) in [6, 6.07) is 24.9. The van der Waals surface area contributed by atoms with E-state index >= 15 is 0 Å². The van der Waals surface area contributed by atoms with Crippen LogP contribution in [0.4, 0.5) is 0 Å². The molecule has 0 aliphatic carbocycles. The van der Waals surface area contributed by atoms with E-state index in [0.29, 0.717) is 38.9 Å². The molecule has 0 fully saturated rings. The summed E-state index contributed by atoms with van der Waals surface area (Å²) in [4.78, 5) is 29.3. The summed E-state index contributed by atoms with van der Waals surface area (Å²) in [6.45, 7) is 0.108. The van der Waals surface area contributed by atoms with Gasteiger partial charge in [0, 0.05) is 36.2 Å². The van der Waals surface area contributed by atoms with Crippen molar-refractivity contribution in [2.45, 2.75) is 0 Å². The highest BCUT2D eigenvalue weighted by molar-refractivity contribution is 14.1. The Kier molecular flexibility index (Phi) is 7.14. The summed E-state index contributed by atoms with van der Waals surface area (Å²) in [5.41, 5.74) is 5.92. The van der Waals surface area contributed by atoms with E-state index in [1.807, 2.05) is 36.4 Å². The van der Waals surface area contributed by atoms with Crippen LogP contribution in [0.25, 0.3) is 22.0 Å². The second-order valence-corrected chi connectivity index (χ2v) is 10.4. The molecule has 198 valence electrons. The minimum atomic E-state index is -0.569. The largest absolute Gasteiger partial charge is 0.454 e. The molecule has 10 heteroatoms. The lowest BCUT2D eigenvalue weighted by Crippen LogP contribution is -2.19. The van der Waals surface area contributed by atoms with Crippen molar-refractivity contribution in [3.8, 4) is 28.4 Å². The minimum Gasteiger partial charge on any atom is -0.454 e. The SMILES string of the molecule is O=C(Oc1ccccc1C=NNC(=O)c1[nH]c2ccc(I)cc2c1-c1ccccc1Cl)c1ccc2c(c1)OCO2. The number of ether oxygens (including phenoxy) is 3. The number of aromatic amines is 1. The van der Waals surface area contributed by atoms with Crippen LogP contribution in [0.3, 0.4) is 0 Å². The number of aromatic nitrogens is 1. The number of nitrogens with one attached hydrogen (secondary N) is 2. The number of para-hydroxylation sites is 1. The van der Waals surface area contributed by atoms with Gasteiger partial charge in [0.15, 0.2) is 11.5 Å². The zero-order valence-corrected chi connectivity index (χ0v) is 23.5. The highest BCUT2D eigenvalue weighted by Crippen LogP contribution is 2.37. The van der Waals surface area contributed by atoms with Gasteiger partial charge in [0.2, 0.25) is 6.79 Å². The molecule has 5 aromatic rings. The number of hydrazone groups is 1. The molecule has 2 N–H and O–H groups in total. The standard InChI is InChI=1S/C30H19ClIN3O5/c31-22-7-3-2-6-20(22)27-21-14-19(32)10-11-23(21)34-28(27)29(36)35-33-15-18-5-1-4-8-24(18)40-30(37)17-9-12-25-26(13-17)39-16-38-25/h1-15,34H,16H2,(H,35,36). The van der Waals surface area contributed by atoms with E-state index in [1.165, 1.54) is 6.21 Å². The Morgan fingerprint density at radius 3 is 2.65 bits per heavy atom. The van der Waals surface area contributed by atoms with Gasteiger partial charge in [0.25, 0.3) is 5.91 Å². The number of esters is 1. The molecule has 1 amide bonds. The van der Waals surface area contributed by atoms with Crippen LogP contribution in [0.15, 0.2) is 90.0 Å². The second-order valence-electron chi connectivity index (χ2n) is 8.74. The van der Waals surface area contributed by atoms with Crippen molar-refractivity contribution < 1.29 is 23.8 Å². The monoisotopic (exact) mass is 663 g/mol. The Morgan fingerprint density at radius 1 is 0.975 bits per heavy atom. The van der Waals surface area contributed by atoms with Crippen LogP contribution < -0.4 is 19.6 Å². The third-order valence-corrected chi connectivity index (χ3v) is 7.23. The number of carbonyl (C=O) groups is 2. The van der Waals surface area contributed by atoms with Crippen molar-refractivity contribution in [2.24, 2.45) is 5.10 Å². The van der Waals surface area contributed by atoms with Crippen molar-refractivity contribution in [2.75, 3.05) is 6.79 Å². The number of benzene rings is 4. The van der Waals surface area contributed by atoms with Crippen LogP contribution in [0.2, 0.25) is 5.02 Å². The molecular weight excluding hydrogens is 645 g/mol. The molecule has 0 radical (unpaired) electrons. The summed E-state index contributed by atoms with van der Waals surface area (Å²) >= 11 is 8.75. The number of fused-ring (bicyclic) bond motifs is 2. The van der Waals surface area contributed by atoms with Crippen LogP contribution in [-0.2, 0) is 0 Å². The average molecular weight is 664 g/mol. The van der Waals surface area contributed by atoms with E-state index < -0.39 is 11.9 Å². The van der Waals surface area contributed by atoms with Crippen molar-refractivity contribution in [3.63, 3.8) is 0 Å². The number of halogens is 2. The lowest BCUT2D eigenvalue weighted by molar-refractivity contribution is 0.0733. The van der Waals surface area contributed by atoms with E-state index in [-0.39, 0.29) is 12.5 Å². The van der Waals surface area contributed by atoms with E-state index in [2.05, 4.69) is 38.1 Å². The zero-order chi connectivity index (χ0) is 27.6. The second kappa shape index (κ2) is 11.0. The third kappa shape index (κ3) is 5.13. The van der Waals surface area contributed by atoms with E-state index in [9.17, 15) is 9.59 Å². The molecule has 0 saturated carbocycles. The number of nitrogens with zero attached hydrogens (tertiary/aromatic N) is 1. The molecule has 1 aliphatic rings. The van der Waals surface area contributed by atoms with Gasteiger partial charge in [-0.05, 0) is 77.2 Å². The van der Waals surface area contributed by atoms with Crippen molar-refractivity contribution in [3.05, 3.63) is 110 Å². The lowest BCUT2D eigenvalue weighted by atomic mass is 10.0. The molecule has 40 heavy (non-hydrogen) atoms. The summed E-state index contributed by atoms with van der Waals surface area (Å²) in [7, 11) is 0. The molecule has 6 rings (SSSR count). The van der Waals surface area contributed by atoms with Gasteiger partial charge < -0.3 is 19.2 Å². The molecule has 0 spiro atoms. The molecule has 0 bridgehead atoms. The Hall–Kier alpha value is -4.35. The molecule has 4 aromatic carbocycles. The molecule has 0 atom stereocenters.